The number of piperidine rings is 1. The summed E-state index contributed by atoms with van der Waals surface area (Å²) in [6.45, 7) is 5.68. The number of amides is 1. The van der Waals surface area contributed by atoms with Crippen LogP contribution in [0.5, 0.6) is 5.75 Å². The maximum Gasteiger partial charge on any atom is 0.219 e. The molecule has 3 heterocycles. The Balaban J connectivity index is 1.59. The minimum Gasteiger partial charge on any atom is -0.484 e. The summed E-state index contributed by atoms with van der Waals surface area (Å²) < 4.78 is 6.59. The molecule has 1 atom stereocenters. The molecule has 2 aliphatic heterocycles. The summed E-state index contributed by atoms with van der Waals surface area (Å²) in [5.41, 5.74) is 2.00. The van der Waals surface area contributed by atoms with Crippen molar-refractivity contribution in [1.82, 2.24) is 14.8 Å². The Kier molecular flexibility index (Phi) is 4.64. The molecule has 4 rings (SSSR count). The number of likely N-dealkylation sites (tertiary alicyclic amines) is 1. The van der Waals surface area contributed by atoms with E-state index in [2.05, 4.69) is 28.1 Å². The second-order valence-corrected chi connectivity index (χ2v) is 7.44. The highest BCUT2D eigenvalue weighted by Crippen LogP contribution is 2.35. The van der Waals surface area contributed by atoms with Crippen molar-refractivity contribution < 1.29 is 9.53 Å². The number of hydrogen-bond acceptors (Lipinski definition) is 4. The van der Waals surface area contributed by atoms with Crippen LogP contribution in [0.1, 0.15) is 30.9 Å². The van der Waals surface area contributed by atoms with Crippen LogP contribution in [0.15, 0.2) is 48.8 Å². The first-order valence-electron chi connectivity index (χ1n) is 9.27. The zero-order valence-corrected chi connectivity index (χ0v) is 15.2. The molecule has 1 saturated heterocycles. The maximum atomic E-state index is 12.2. The van der Waals surface area contributed by atoms with E-state index in [9.17, 15) is 4.79 Å². The van der Waals surface area contributed by atoms with E-state index in [1.54, 1.807) is 6.92 Å². The van der Waals surface area contributed by atoms with E-state index in [1.165, 1.54) is 5.56 Å². The second kappa shape index (κ2) is 7.08. The van der Waals surface area contributed by atoms with E-state index >= 15 is 0 Å². The number of carbonyl (C=O) groups is 1. The van der Waals surface area contributed by atoms with E-state index in [1.807, 2.05) is 35.5 Å². The molecule has 5 nitrogen and oxygen atoms in total. The average molecular weight is 351 g/mol. The van der Waals surface area contributed by atoms with Gasteiger partial charge in [0.05, 0.1) is 6.54 Å². The molecular weight excluding hydrogens is 326 g/mol. The molecule has 1 amide bonds. The summed E-state index contributed by atoms with van der Waals surface area (Å²) in [7, 11) is 0. The predicted octanol–water partition coefficient (Wildman–Crippen LogP) is 2.86. The van der Waals surface area contributed by atoms with Crippen LogP contribution in [0.3, 0.4) is 0 Å². The molecule has 0 radical (unpaired) electrons. The monoisotopic (exact) mass is 351 g/mol. The molecule has 0 saturated carbocycles. The number of rotatable bonds is 2. The van der Waals surface area contributed by atoms with Crippen molar-refractivity contribution in [1.29, 1.82) is 0 Å². The van der Waals surface area contributed by atoms with Gasteiger partial charge in [-0.05, 0) is 43.1 Å². The number of fused-ring (bicyclic) bond motifs is 1. The third-order valence-corrected chi connectivity index (χ3v) is 5.36. The Morgan fingerprint density at radius 3 is 2.81 bits per heavy atom. The minimum atomic E-state index is -0.344. The van der Waals surface area contributed by atoms with Crippen LogP contribution < -0.4 is 4.74 Å². The first-order chi connectivity index (χ1) is 12.6. The third kappa shape index (κ3) is 3.58. The van der Waals surface area contributed by atoms with Crippen molar-refractivity contribution in [3.63, 3.8) is 0 Å². The molecule has 136 valence electrons. The normalized spacial score (nSPS) is 23.2. The highest BCUT2D eigenvalue weighted by molar-refractivity contribution is 5.73. The first kappa shape index (κ1) is 17.0. The Hall–Kier alpha value is -2.40. The molecule has 1 aromatic carbocycles. The van der Waals surface area contributed by atoms with Crippen LogP contribution in [0.25, 0.3) is 0 Å². The van der Waals surface area contributed by atoms with E-state index in [0.717, 1.165) is 43.8 Å². The maximum absolute atomic E-state index is 12.2. The summed E-state index contributed by atoms with van der Waals surface area (Å²) >= 11 is 0. The summed E-state index contributed by atoms with van der Waals surface area (Å²) in [5.74, 6) is 1.03. The van der Waals surface area contributed by atoms with E-state index in [-0.39, 0.29) is 11.5 Å². The number of carbonyl (C=O) groups excluding carboxylic acids is 1. The van der Waals surface area contributed by atoms with Crippen LogP contribution in [-0.2, 0) is 17.9 Å². The SMILES string of the molecule is CC(=O)N1Cc2ccccc2O[C@]2(CCCN(Cc3ccncc3)C2)C1. The Bertz CT molecular complexity index is 780. The Morgan fingerprint density at radius 1 is 1.19 bits per heavy atom. The Labute approximate surface area is 154 Å². The lowest BCUT2D eigenvalue weighted by molar-refractivity contribution is -0.133. The average Bonchev–Trinajstić information content (AvgIpc) is 2.79. The van der Waals surface area contributed by atoms with Crippen LogP contribution >= 0.6 is 0 Å². The van der Waals surface area contributed by atoms with Crippen LogP contribution in [0.2, 0.25) is 0 Å². The van der Waals surface area contributed by atoms with Gasteiger partial charge in [0.1, 0.15) is 11.4 Å². The smallest absolute Gasteiger partial charge is 0.219 e. The molecule has 0 bridgehead atoms. The highest BCUT2D eigenvalue weighted by atomic mass is 16.5. The summed E-state index contributed by atoms with van der Waals surface area (Å²) in [4.78, 5) is 20.7. The quantitative estimate of drug-likeness (QED) is 0.835. The van der Waals surface area contributed by atoms with Gasteiger partial charge in [0.25, 0.3) is 0 Å². The van der Waals surface area contributed by atoms with Crippen molar-refractivity contribution in [2.75, 3.05) is 19.6 Å². The topological polar surface area (TPSA) is 45.7 Å². The lowest BCUT2D eigenvalue weighted by Gasteiger charge is -2.43. The van der Waals surface area contributed by atoms with E-state index in [0.29, 0.717) is 13.1 Å². The van der Waals surface area contributed by atoms with Gasteiger partial charge in [0, 0.05) is 44.5 Å². The lowest BCUT2D eigenvalue weighted by atomic mass is 9.91. The fraction of sp³-hybridized carbons (Fsp3) is 0.429. The van der Waals surface area contributed by atoms with Gasteiger partial charge < -0.3 is 9.64 Å². The number of nitrogens with zero attached hydrogens (tertiary/aromatic N) is 3. The summed E-state index contributed by atoms with van der Waals surface area (Å²) in [6.07, 6.45) is 5.72. The molecule has 1 aromatic heterocycles. The van der Waals surface area contributed by atoms with Gasteiger partial charge in [-0.25, -0.2) is 0 Å². The zero-order valence-electron chi connectivity index (χ0n) is 15.2. The summed E-state index contributed by atoms with van der Waals surface area (Å²) in [6, 6.07) is 12.2. The number of pyridine rings is 1. The van der Waals surface area contributed by atoms with Crippen molar-refractivity contribution in [3.8, 4) is 5.75 Å². The van der Waals surface area contributed by atoms with Gasteiger partial charge in [0.15, 0.2) is 0 Å². The molecule has 0 aliphatic carbocycles. The van der Waals surface area contributed by atoms with Gasteiger partial charge in [0.2, 0.25) is 5.91 Å². The molecule has 1 spiro atoms. The largest absolute Gasteiger partial charge is 0.484 e. The predicted molar refractivity (Wildman–Crippen MR) is 99.6 cm³/mol. The molecular formula is C21H25N3O2. The number of ether oxygens (including phenoxy) is 1. The first-order valence-corrected chi connectivity index (χ1v) is 9.27. The van der Waals surface area contributed by atoms with Gasteiger partial charge in [-0.3, -0.25) is 14.7 Å². The summed E-state index contributed by atoms with van der Waals surface area (Å²) in [5, 5.41) is 0. The highest BCUT2D eigenvalue weighted by Gasteiger charge is 2.42. The molecule has 2 aromatic rings. The van der Waals surface area contributed by atoms with Gasteiger partial charge in [-0.15, -0.1) is 0 Å². The number of benzene rings is 1. The van der Waals surface area contributed by atoms with Gasteiger partial charge >= 0.3 is 0 Å². The fourth-order valence-corrected chi connectivity index (χ4v) is 4.12. The molecule has 26 heavy (non-hydrogen) atoms. The van der Waals surface area contributed by atoms with Crippen molar-refractivity contribution in [3.05, 3.63) is 59.9 Å². The van der Waals surface area contributed by atoms with Crippen molar-refractivity contribution in [2.45, 2.75) is 38.5 Å². The van der Waals surface area contributed by atoms with Gasteiger partial charge in [-0.2, -0.15) is 0 Å². The number of hydrogen-bond donors (Lipinski definition) is 0. The second-order valence-electron chi connectivity index (χ2n) is 7.44. The molecule has 0 unspecified atom stereocenters. The lowest BCUT2D eigenvalue weighted by Crippen LogP contribution is -2.57. The molecule has 1 fully saturated rings. The van der Waals surface area contributed by atoms with Gasteiger partial charge in [-0.1, -0.05) is 18.2 Å². The number of aromatic nitrogens is 1. The zero-order chi connectivity index (χ0) is 18.0. The Morgan fingerprint density at radius 2 is 2.00 bits per heavy atom. The van der Waals surface area contributed by atoms with Crippen LogP contribution in [0.4, 0.5) is 0 Å². The minimum absolute atomic E-state index is 0.107. The van der Waals surface area contributed by atoms with Crippen LogP contribution in [-0.4, -0.2) is 45.9 Å². The molecule has 0 N–H and O–H groups in total. The third-order valence-electron chi connectivity index (χ3n) is 5.36. The number of para-hydroxylation sites is 1. The standard InChI is InChI=1S/C21H25N3O2/c1-17(25)24-14-19-5-2-3-6-20(19)26-21(16-24)9-4-12-23(15-21)13-18-7-10-22-11-8-18/h2-3,5-8,10-11H,4,9,12-16H2,1H3/t21-/m0/s1. The van der Waals surface area contributed by atoms with E-state index < -0.39 is 0 Å². The molecule has 5 heteroatoms. The fourth-order valence-electron chi connectivity index (χ4n) is 4.12. The van der Waals surface area contributed by atoms with E-state index in [4.69, 9.17) is 4.74 Å². The van der Waals surface area contributed by atoms with Crippen LogP contribution in [0, 0.1) is 0 Å². The van der Waals surface area contributed by atoms with Crippen molar-refractivity contribution >= 4 is 5.91 Å². The van der Waals surface area contributed by atoms with Crippen molar-refractivity contribution in [2.24, 2.45) is 0 Å². The molecule has 2 aliphatic rings.